The summed E-state index contributed by atoms with van der Waals surface area (Å²) in [6.07, 6.45) is 3.14. The Hall–Kier alpha value is -1.73. The molecule has 2 aromatic rings. The van der Waals surface area contributed by atoms with E-state index in [1.54, 1.807) is 17.8 Å². The van der Waals surface area contributed by atoms with Crippen molar-refractivity contribution in [3.63, 3.8) is 0 Å². The Morgan fingerprint density at radius 1 is 1.39 bits per heavy atom. The van der Waals surface area contributed by atoms with E-state index in [0.717, 1.165) is 6.07 Å². The molecule has 0 aliphatic rings. The topological polar surface area (TPSA) is 64.0 Å². The largest absolute Gasteiger partial charge is 0.340 e. The van der Waals surface area contributed by atoms with Gasteiger partial charge in [-0.15, -0.1) is 0 Å². The monoisotopic (exact) mass is 269 g/mol. The summed E-state index contributed by atoms with van der Waals surface area (Å²) in [6.45, 7) is 0. The predicted octanol–water partition coefficient (Wildman–Crippen LogP) is 1.13. The van der Waals surface area contributed by atoms with Crippen LogP contribution in [0.15, 0.2) is 35.6 Å². The van der Waals surface area contributed by atoms with E-state index in [0.29, 0.717) is 5.69 Å². The Morgan fingerprint density at radius 2 is 2.11 bits per heavy atom. The highest BCUT2D eigenvalue weighted by molar-refractivity contribution is 7.89. The lowest BCUT2D eigenvalue weighted by Crippen LogP contribution is -2.18. The first-order chi connectivity index (χ1) is 8.44. The van der Waals surface area contributed by atoms with Gasteiger partial charge in [-0.05, 0) is 25.2 Å². The van der Waals surface area contributed by atoms with E-state index in [-0.39, 0.29) is 10.5 Å². The van der Waals surface area contributed by atoms with Crippen LogP contribution < -0.4 is 4.72 Å². The molecule has 0 amide bonds. The summed E-state index contributed by atoms with van der Waals surface area (Å²) < 4.78 is 40.8. The van der Waals surface area contributed by atoms with Gasteiger partial charge in [-0.1, -0.05) is 0 Å². The Morgan fingerprint density at radius 3 is 2.67 bits per heavy atom. The Labute approximate surface area is 104 Å². The molecule has 1 N–H and O–H groups in total. The highest BCUT2D eigenvalue weighted by Gasteiger charge is 2.16. The van der Waals surface area contributed by atoms with Crippen LogP contribution in [0.2, 0.25) is 0 Å². The third kappa shape index (κ3) is 2.27. The van der Waals surface area contributed by atoms with Crippen molar-refractivity contribution in [1.82, 2.24) is 14.3 Å². The molecule has 0 atom stereocenters. The molecule has 1 heterocycles. The summed E-state index contributed by atoms with van der Waals surface area (Å²) in [5.74, 6) is -0.510. The fourth-order valence-corrected chi connectivity index (χ4v) is 2.29. The van der Waals surface area contributed by atoms with Gasteiger partial charge in [-0.3, -0.25) is 0 Å². The average molecular weight is 269 g/mol. The number of sulfonamides is 1. The lowest BCUT2D eigenvalue weighted by molar-refractivity contribution is 0.587. The Kier molecular flexibility index (Phi) is 3.18. The summed E-state index contributed by atoms with van der Waals surface area (Å²) in [7, 11) is -0.533. The molecular weight excluding hydrogens is 257 g/mol. The molecule has 96 valence electrons. The molecule has 18 heavy (non-hydrogen) atoms. The molecule has 0 radical (unpaired) electrons. The minimum Gasteiger partial charge on any atom is -0.340 e. The number of hydrogen-bond acceptors (Lipinski definition) is 3. The van der Waals surface area contributed by atoms with E-state index in [1.807, 2.05) is 0 Å². The van der Waals surface area contributed by atoms with Gasteiger partial charge in [0.05, 0.1) is 16.9 Å². The zero-order chi connectivity index (χ0) is 13.3. The first kappa shape index (κ1) is 12.7. The number of halogens is 1. The highest BCUT2D eigenvalue weighted by Crippen LogP contribution is 2.24. The minimum absolute atomic E-state index is 0.00653. The van der Waals surface area contributed by atoms with Crippen LogP contribution in [0.5, 0.6) is 0 Å². The van der Waals surface area contributed by atoms with Crippen molar-refractivity contribution in [3.8, 4) is 11.3 Å². The number of aromatic nitrogens is 2. The van der Waals surface area contributed by atoms with Gasteiger partial charge < -0.3 is 4.57 Å². The molecular formula is C11H12FN3O2S. The lowest BCUT2D eigenvalue weighted by atomic mass is 10.1. The molecule has 1 aromatic heterocycles. The normalized spacial score (nSPS) is 11.7. The van der Waals surface area contributed by atoms with Crippen molar-refractivity contribution in [2.45, 2.75) is 4.90 Å². The number of nitrogens with one attached hydrogen (secondary N) is 1. The first-order valence-electron chi connectivity index (χ1n) is 5.15. The van der Waals surface area contributed by atoms with Gasteiger partial charge in [0.1, 0.15) is 5.82 Å². The minimum atomic E-state index is -3.59. The van der Waals surface area contributed by atoms with E-state index >= 15 is 0 Å². The van der Waals surface area contributed by atoms with E-state index < -0.39 is 15.8 Å². The molecule has 7 heteroatoms. The quantitative estimate of drug-likeness (QED) is 0.908. The Balaban J connectivity index is 2.59. The fourth-order valence-electron chi connectivity index (χ4n) is 1.54. The van der Waals surface area contributed by atoms with Crippen LogP contribution in [0.4, 0.5) is 4.39 Å². The smallest absolute Gasteiger partial charge is 0.240 e. The zero-order valence-electron chi connectivity index (χ0n) is 9.88. The second-order valence-corrected chi connectivity index (χ2v) is 5.66. The maximum absolute atomic E-state index is 13.7. The summed E-state index contributed by atoms with van der Waals surface area (Å²) >= 11 is 0. The molecule has 0 fully saturated rings. The van der Waals surface area contributed by atoms with Crippen LogP contribution in [-0.2, 0) is 17.1 Å². The molecule has 0 aliphatic carbocycles. The fraction of sp³-hybridized carbons (Fsp3) is 0.182. The van der Waals surface area contributed by atoms with Crippen LogP contribution in [0.3, 0.4) is 0 Å². The summed E-state index contributed by atoms with van der Waals surface area (Å²) in [5, 5.41) is 0. The van der Waals surface area contributed by atoms with Gasteiger partial charge in [-0.2, -0.15) is 0 Å². The zero-order valence-corrected chi connectivity index (χ0v) is 10.7. The summed E-state index contributed by atoms with van der Waals surface area (Å²) in [4.78, 5) is 4.01. The van der Waals surface area contributed by atoms with E-state index in [1.165, 1.54) is 25.5 Å². The van der Waals surface area contributed by atoms with Crippen molar-refractivity contribution < 1.29 is 12.8 Å². The van der Waals surface area contributed by atoms with Crippen LogP contribution in [0.25, 0.3) is 11.3 Å². The molecule has 0 bridgehead atoms. The molecule has 0 spiro atoms. The lowest BCUT2D eigenvalue weighted by Gasteiger charge is -2.05. The van der Waals surface area contributed by atoms with Crippen LogP contribution in [0.1, 0.15) is 0 Å². The molecule has 0 saturated heterocycles. The van der Waals surface area contributed by atoms with Gasteiger partial charge in [0.2, 0.25) is 10.0 Å². The van der Waals surface area contributed by atoms with Crippen molar-refractivity contribution in [1.29, 1.82) is 0 Å². The van der Waals surface area contributed by atoms with Gasteiger partial charge in [0.25, 0.3) is 0 Å². The van der Waals surface area contributed by atoms with Crippen molar-refractivity contribution in [2.75, 3.05) is 7.05 Å². The Bertz CT molecular complexity index is 679. The van der Waals surface area contributed by atoms with E-state index in [9.17, 15) is 12.8 Å². The van der Waals surface area contributed by atoms with Gasteiger partial charge in [0.15, 0.2) is 0 Å². The van der Waals surface area contributed by atoms with E-state index in [2.05, 4.69) is 9.71 Å². The van der Waals surface area contributed by atoms with Gasteiger partial charge in [-0.25, -0.2) is 22.5 Å². The molecule has 0 unspecified atom stereocenters. The van der Waals surface area contributed by atoms with Crippen molar-refractivity contribution in [3.05, 3.63) is 36.5 Å². The summed E-state index contributed by atoms with van der Waals surface area (Å²) in [6, 6.07) is 3.60. The number of aryl methyl sites for hydroxylation is 1. The highest BCUT2D eigenvalue weighted by atomic mass is 32.2. The van der Waals surface area contributed by atoms with Crippen molar-refractivity contribution >= 4 is 10.0 Å². The molecule has 0 aliphatic heterocycles. The SMILES string of the molecule is CNS(=O)(=O)c1ccc(F)c(-c2cn(C)cn2)c1. The second kappa shape index (κ2) is 4.51. The second-order valence-electron chi connectivity index (χ2n) is 3.77. The molecule has 5 nitrogen and oxygen atoms in total. The van der Waals surface area contributed by atoms with Crippen LogP contribution >= 0.6 is 0 Å². The van der Waals surface area contributed by atoms with E-state index in [4.69, 9.17) is 0 Å². The first-order valence-corrected chi connectivity index (χ1v) is 6.64. The van der Waals surface area contributed by atoms with Gasteiger partial charge in [0, 0.05) is 18.8 Å². The molecule has 0 saturated carbocycles. The number of rotatable bonds is 3. The van der Waals surface area contributed by atoms with Gasteiger partial charge >= 0.3 is 0 Å². The number of benzene rings is 1. The maximum Gasteiger partial charge on any atom is 0.240 e. The summed E-state index contributed by atoms with van der Waals surface area (Å²) in [5.41, 5.74) is 0.551. The molecule has 1 aromatic carbocycles. The third-order valence-corrected chi connectivity index (χ3v) is 3.91. The third-order valence-electron chi connectivity index (χ3n) is 2.50. The number of hydrogen-bond donors (Lipinski definition) is 1. The van der Waals surface area contributed by atoms with Crippen molar-refractivity contribution in [2.24, 2.45) is 7.05 Å². The number of imidazole rings is 1. The predicted molar refractivity (Wildman–Crippen MR) is 64.8 cm³/mol. The molecule has 2 rings (SSSR count). The van der Waals surface area contributed by atoms with Crippen LogP contribution in [-0.4, -0.2) is 25.0 Å². The maximum atomic E-state index is 13.7. The number of nitrogens with zero attached hydrogens (tertiary/aromatic N) is 2. The standard InChI is InChI=1S/C11H12FN3O2S/c1-13-18(16,17)8-3-4-10(12)9(5-8)11-6-15(2)7-14-11/h3-7,13H,1-2H3. The average Bonchev–Trinajstić information content (AvgIpc) is 2.76. The van der Waals surface area contributed by atoms with Crippen LogP contribution in [0, 0.1) is 5.82 Å².